The maximum Gasteiger partial charge on any atom is 0.574 e. The van der Waals surface area contributed by atoms with Gasteiger partial charge < -0.3 is 14.2 Å². The van der Waals surface area contributed by atoms with E-state index in [-0.39, 0.29) is 0 Å². The molecule has 0 radical (unpaired) electrons. The van der Waals surface area contributed by atoms with Crippen LogP contribution < -0.4 is 9.47 Å². The fourth-order valence-corrected chi connectivity index (χ4v) is 1.26. The van der Waals surface area contributed by atoms with Gasteiger partial charge in [-0.05, 0) is 0 Å². The Balaban J connectivity index is 3.48. The molecule has 112 valence electrons. The summed E-state index contributed by atoms with van der Waals surface area (Å²) in [5.41, 5.74) is -1.87. The Morgan fingerprint density at radius 2 is 1.90 bits per heavy atom. The number of pyridine rings is 1. The molecule has 0 fully saturated rings. The van der Waals surface area contributed by atoms with Crippen molar-refractivity contribution < 1.29 is 41.0 Å². The molecule has 0 saturated heterocycles. The van der Waals surface area contributed by atoms with Gasteiger partial charge in [0.15, 0.2) is 5.56 Å². The van der Waals surface area contributed by atoms with Crippen LogP contribution in [0.3, 0.4) is 0 Å². The Labute approximate surface area is 109 Å². The number of nitrogens with zero attached hydrogens (tertiary/aromatic N) is 1. The van der Waals surface area contributed by atoms with Crippen molar-refractivity contribution in [2.45, 2.75) is 12.8 Å². The Bertz CT molecular complexity index is 503. The molecule has 0 aromatic carbocycles. The van der Waals surface area contributed by atoms with Crippen molar-refractivity contribution in [1.29, 1.82) is 0 Å². The van der Waals surface area contributed by atoms with Gasteiger partial charge in [-0.25, -0.2) is 18.6 Å². The molecule has 0 aliphatic carbocycles. The van der Waals surface area contributed by atoms with E-state index in [1.807, 2.05) is 0 Å². The number of alkyl halides is 5. The predicted octanol–water partition coefficient (Wildman–Crippen LogP) is 2.71. The van der Waals surface area contributed by atoms with Crippen LogP contribution in [-0.4, -0.2) is 31.5 Å². The highest BCUT2D eigenvalue weighted by Gasteiger charge is 2.36. The molecule has 0 unspecified atom stereocenters. The first-order chi connectivity index (χ1) is 9.19. The highest BCUT2D eigenvalue weighted by Crippen LogP contribution is 2.34. The van der Waals surface area contributed by atoms with Gasteiger partial charge in [0.05, 0.1) is 14.2 Å². The fourth-order valence-electron chi connectivity index (χ4n) is 1.26. The second kappa shape index (κ2) is 5.88. The van der Waals surface area contributed by atoms with Crippen molar-refractivity contribution >= 4 is 5.97 Å². The van der Waals surface area contributed by atoms with E-state index in [4.69, 9.17) is 0 Å². The van der Waals surface area contributed by atoms with E-state index < -0.39 is 41.6 Å². The van der Waals surface area contributed by atoms with Gasteiger partial charge in [0.2, 0.25) is 5.88 Å². The van der Waals surface area contributed by atoms with Crippen LogP contribution in [0.4, 0.5) is 22.0 Å². The molecule has 0 saturated carbocycles. The summed E-state index contributed by atoms with van der Waals surface area (Å²) in [6.45, 7) is 0. The number of aromatic nitrogens is 1. The van der Waals surface area contributed by atoms with Crippen molar-refractivity contribution in [2.75, 3.05) is 14.2 Å². The topological polar surface area (TPSA) is 57.7 Å². The molecule has 20 heavy (non-hydrogen) atoms. The lowest BCUT2D eigenvalue weighted by molar-refractivity contribution is -0.276. The van der Waals surface area contributed by atoms with Crippen molar-refractivity contribution in [2.24, 2.45) is 0 Å². The number of halogens is 5. The van der Waals surface area contributed by atoms with E-state index in [0.29, 0.717) is 6.07 Å². The summed E-state index contributed by atoms with van der Waals surface area (Å²) < 4.78 is 74.0. The summed E-state index contributed by atoms with van der Waals surface area (Å²) in [6.07, 6.45) is -8.40. The molecule has 0 aliphatic heterocycles. The van der Waals surface area contributed by atoms with Gasteiger partial charge in [-0.15, -0.1) is 13.2 Å². The summed E-state index contributed by atoms with van der Waals surface area (Å²) in [5, 5.41) is 0. The number of carbonyl (C=O) groups excluding carboxylic acids is 1. The molecule has 0 amide bonds. The number of hydrogen-bond donors (Lipinski definition) is 0. The van der Waals surface area contributed by atoms with Gasteiger partial charge in [0.25, 0.3) is 6.43 Å². The molecule has 1 rings (SSSR count). The second-order valence-corrected chi connectivity index (χ2v) is 3.27. The van der Waals surface area contributed by atoms with Gasteiger partial charge in [-0.3, -0.25) is 0 Å². The van der Waals surface area contributed by atoms with Gasteiger partial charge in [0, 0.05) is 6.07 Å². The van der Waals surface area contributed by atoms with Crippen molar-refractivity contribution in [1.82, 2.24) is 4.98 Å². The summed E-state index contributed by atoms with van der Waals surface area (Å²) >= 11 is 0. The molecule has 0 atom stereocenters. The van der Waals surface area contributed by atoms with Crippen LogP contribution in [0.2, 0.25) is 0 Å². The Hall–Kier alpha value is -2.13. The standard InChI is InChI=1S/C10H8F5NO4/c1-18-5-3-4(7(11)12)16-8(20-10(13,14)15)6(5)9(17)19-2/h3,7H,1-2H3. The Morgan fingerprint density at radius 1 is 1.30 bits per heavy atom. The highest BCUT2D eigenvalue weighted by atomic mass is 19.4. The van der Waals surface area contributed by atoms with Gasteiger partial charge >= 0.3 is 12.3 Å². The maximum absolute atomic E-state index is 12.5. The van der Waals surface area contributed by atoms with Crippen LogP contribution in [0.1, 0.15) is 22.5 Å². The maximum atomic E-state index is 12.5. The van der Waals surface area contributed by atoms with Crippen molar-refractivity contribution in [3.8, 4) is 11.6 Å². The van der Waals surface area contributed by atoms with Crippen LogP contribution in [0.25, 0.3) is 0 Å². The zero-order valence-electron chi connectivity index (χ0n) is 10.1. The molecule has 5 nitrogen and oxygen atoms in total. The SMILES string of the molecule is COC(=O)c1c(OC)cc(C(F)F)nc1OC(F)(F)F. The smallest absolute Gasteiger partial charge is 0.496 e. The molecule has 1 aromatic rings. The lowest BCUT2D eigenvalue weighted by Crippen LogP contribution is -2.21. The van der Waals surface area contributed by atoms with Crippen LogP contribution in [0, 0.1) is 0 Å². The predicted molar refractivity (Wildman–Crippen MR) is 53.8 cm³/mol. The minimum atomic E-state index is -5.22. The third kappa shape index (κ3) is 3.68. The van der Waals surface area contributed by atoms with E-state index in [2.05, 4.69) is 19.2 Å². The average Bonchev–Trinajstić information content (AvgIpc) is 2.34. The summed E-state index contributed by atoms with van der Waals surface area (Å²) in [6, 6.07) is 0.625. The third-order valence-electron chi connectivity index (χ3n) is 2.02. The number of rotatable bonds is 4. The molecule has 0 N–H and O–H groups in total. The molecular weight excluding hydrogens is 293 g/mol. The molecule has 1 aromatic heterocycles. The Kier molecular flexibility index (Phi) is 4.69. The molecular formula is C10H8F5NO4. The van der Waals surface area contributed by atoms with E-state index in [1.54, 1.807) is 0 Å². The zero-order chi connectivity index (χ0) is 15.5. The number of methoxy groups -OCH3 is 2. The fraction of sp³-hybridized carbons (Fsp3) is 0.400. The minimum Gasteiger partial charge on any atom is -0.496 e. The largest absolute Gasteiger partial charge is 0.574 e. The zero-order valence-corrected chi connectivity index (χ0v) is 10.1. The van der Waals surface area contributed by atoms with Crippen LogP contribution >= 0.6 is 0 Å². The quantitative estimate of drug-likeness (QED) is 0.632. The summed E-state index contributed by atoms with van der Waals surface area (Å²) in [4.78, 5) is 14.4. The first kappa shape index (κ1) is 15.9. The molecule has 0 bridgehead atoms. The highest BCUT2D eigenvalue weighted by molar-refractivity contribution is 5.95. The minimum absolute atomic E-state index is 0.568. The number of hydrogen-bond acceptors (Lipinski definition) is 5. The average molecular weight is 301 g/mol. The van der Waals surface area contributed by atoms with Gasteiger partial charge in [-0.2, -0.15) is 0 Å². The normalized spacial score (nSPS) is 11.4. The lowest BCUT2D eigenvalue weighted by Gasteiger charge is -2.15. The summed E-state index contributed by atoms with van der Waals surface area (Å²) in [5.74, 6) is -3.20. The number of ether oxygens (including phenoxy) is 3. The number of esters is 1. The monoisotopic (exact) mass is 301 g/mol. The van der Waals surface area contributed by atoms with E-state index in [9.17, 15) is 26.7 Å². The van der Waals surface area contributed by atoms with Crippen molar-refractivity contribution in [3.05, 3.63) is 17.3 Å². The molecule has 10 heteroatoms. The number of carbonyl (C=O) groups is 1. The third-order valence-corrected chi connectivity index (χ3v) is 2.02. The van der Waals surface area contributed by atoms with Gasteiger partial charge in [0.1, 0.15) is 11.4 Å². The second-order valence-electron chi connectivity index (χ2n) is 3.27. The van der Waals surface area contributed by atoms with Crippen molar-refractivity contribution in [3.63, 3.8) is 0 Å². The van der Waals surface area contributed by atoms with E-state index in [1.165, 1.54) is 0 Å². The Morgan fingerprint density at radius 3 is 2.30 bits per heavy atom. The van der Waals surface area contributed by atoms with Gasteiger partial charge in [-0.1, -0.05) is 0 Å². The van der Waals surface area contributed by atoms with Crippen LogP contribution in [0.15, 0.2) is 6.07 Å². The van der Waals surface area contributed by atoms with E-state index >= 15 is 0 Å². The first-order valence-electron chi connectivity index (χ1n) is 4.90. The molecule has 1 heterocycles. The lowest BCUT2D eigenvalue weighted by atomic mass is 10.2. The first-order valence-corrected chi connectivity index (χ1v) is 4.90. The molecule has 0 spiro atoms. The van der Waals surface area contributed by atoms with Crippen LogP contribution in [-0.2, 0) is 4.74 Å². The van der Waals surface area contributed by atoms with E-state index in [0.717, 1.165) is 14.2 Å². The summed E-state index contributed by atoms with van der Waals surface area (Å²) in [7, 11) is 1.87. The van der Waals surface area contributed by atoms with Crippen LogP contribution in [0.5, 0.6) is 11.6 Å². The molecule has 0 aliphatic rings.